The molecule has 1 aromatic heterocycles. The van der Waals surface area contributed by atoms with E-state index < -0.39 is 10.0 Å². The maximum absolute atomic E-state index is 12.7. The molecule has 0 atom stereocenters. The number of amides is 1. The van der Waals surface area contributed by atoms with Gasteiger partial charge in [0.1, 0.15) is 0 Å². The van der Waals surface area contributed by atoms with E-state index in [1.165, 1.54) is 15.6 Å². The number of halogens is 1. The zero-order valence-electron chi connectivity index (χ0n) is 14.8. The molecule has 0 spiro atoms. The van der Waals surface area contributed by atoms with E-state index in [-0.39, 0.29) is 10.8 Å². The maximum Gasteiger partial charge on any atom is 0.257 e. The summed E-state index contributed by atoms with van der Waals surface area (Å²) in [5, 5.41) is 3.69. The third-order valence-electron chi connectivity index (χ3n) is 4.03. The third kappa shape index (κ3) is 4.14. The average Bonchev–Trinajstić information content (AvgIpc) is 3.04. The normalized spacial score (nSPS) is 11.9. The number of thiazole rings is 1. The molecule has 0 aliphatic carbocycles. The Kier molecular flexibility index (Phi) is 5.81. The maximum atomic E-state index is 12.7. The molecule has 0 fully saturated rings. The smallest absolute Gasteiger partial charge is 0.257 e. The molecular weight excluding hydrogens is 406 g/mol. The highest BCUT2D eigenvalue weighted by atomic mass is 35.5. The zero-order valence-corrected chi connectivity index (χ0v) is 17.2. The summed E-state index contributed by atoms with van der Waals surface area (Å²) in [4.78, 5) is 16.9. The number of carbonyl (C=O) groups is 1. The van der Waals surface area contributed by atoms with Crippen LogP contribution in [0.25, 0.3) is 10.2 Å². The number of nitrogens with zero attached hydrogens (tertiary/aromatic N) is 2. The predicted molar refractivity (Wildman–Crippen MR) is 109 cm³/mol. The number of benzene rings is 2. The van der Waals surface area contributed by atoms with Gasteiger partial charge in [-0.25, -0.2) is 13.4 Å². The summed E-state index contributed by atoms with van der Waals surface area (Å²) < 4.78 is 27.4. The van der Waals surface area contributed by atoms with E-state index in [9.17, 15) is 13.2 Å². The van der Waals surface area contributed by atoms with Gasteiger partial charge in [0.15, 0.2) is 5.13 Å². The number of carbonyl (C=O) groups excluding carboxylic acids is 1. The summed E-state index contributed by atoms with van der Waals surface area (Å²) in [5.41, 5.74) is 1.09. The second kappa shape index (κ2) is 7.93. The number of sulfonamides is 1. The van der Waals surface area contributed by atoms with Gasteiger partial charge in [-0.1, -0.05) is 36.8 Å². The Morgan fingerprint density at radius 1 is 1.15 bits per heavy atom. The fourth-order valence-corrected chi connectivity index (χ4v) is 5.19. The number of anilines is 1. The SMILES string of the molecule is CCN(CC)S(=O)(=O)c1ccc2nc(NC(=O)c3ccc(Cl)cc3)sc2c1. The fraction of sp³-hybridized carbons (Fsp3) is 0.222. The van der Waals surface area contributed by atoms with Crippen molar-refractivity contribution < 1.29 is 13.2 Å². The molecule has 0 aliphatic rings. The summed E-state index contributed by atoms with van der Waals surface area (Å²) >= 11 is 7.06. The highest BCUT2D eigenvalue weighted by molar-refractivity contribution is 7.89. The molecule has 0 unspecified atom stereocenters. The van der Waals surface area contributed by atoms with E-state index in [1.54, 1.807) is 56.3 Å². The minimum absolute atomic E-state index is 0.220. The molecule has 3 aromatic rings. The fourth-order valence-electron chi connectivity index (χ4n) is 2.60. The van der Waals surface area contributed by atoms with E-state index in [0.717, 1.165) is 0 Å². The van der Waals surface area contributed by atoms with Gasteiger partial charge in [-0.2, -0.15) is 4.31 Å². The Hall–Kier alpha value is -2.00. The Bertz CT molecular complexity index is 1070. The van der Waals surface area contributed by atoms with E-state index in [1.807, 2.05) is 0 Å². The van der Waals surface area contributed by atoms with Gasteiger partial charge in [-0.15, -0.1) is 0 Å². The average molecular weight is 424 g/mol. The molecule has 1 N–H and O–H groups in total. The van der Waals surface area contributed by atoms with Crippen LogP contribution in [0, 0.1) is 0 Å². The molecule has 9 heteroatoms. The highest BCUT2D eigenvalue weighted by Crippen LogP contribution is 2.29. The number of fused-ring (bicyclic) bond motifs is 1. The lowest BCUT2D eigenvalue weighted by atomic mass is 10.2. The van der Waals surface area contributed by atoms with Crippen LogP contribution in [0.1, 0.15) is 24.2 Å². The van der Waals surface area contributed by atoms with Crippen LogP contribution in [0.4, 0.5) is 5.13 Å². The first-order valence-corrected chi connectivity index (χ1v) is 11.0. The molecule has 1 heterocycles. The second-order valence-electron chi connectivity index (χ2n) is 5.70. The first kappa shape index (κ1) is 19.8. The third-order valence-corrected chi connectivity index (χ3v) is 7.26. The van der Waals surface area contributed by atoms with Crippen LogP contribution in [-0.4, -0.2) is 36.7 Å². The molecule has 142 valence electrons. The van der Waals surface area contributed by atoms with Crippen molar-refractivity contribution in [3.05, 3.63) is 53.1 Å². The van der Waals surface area contributed by atoms with Crippen molar-refractivity contribution in [3.8, 4) is 0 Å². The minimum atomic E-state index is -3.54. The van der Waals surface area contributed by atoms with E-state index in [0.29, 0.717) is 39.0 Å². The molecule has 0 saturated heterocycles. The first-order chi connectivity index (χ1) is 12.8. The second-order valence-corrected chi connectivity index (χ2v) is 9.10. The van der Waals surface area contributed by atoms with Crippen LogP contribution in [0.2, 0.25) is 5.02 Å². The number of aromatic nitrogens is 1. The lowest BCUT2D eigenvalue weighted by Gasteiger charge is -2.18. The predicted octanol–water partition coefficient (Wildman–Crippen LogP) is 4.23. The number of nitrogens with one attached hydrogen (secondary N) is 1. The molecule has 1 amide bonds. The van der Waals surface area contributed by atoms with Crippen LogP contribution in [0.15, 0.2) is 47.4 Å². The number of hydrogen-bond acceptors (Lipinski definition) is 5. The summed E-state index contributed by atoms with van der Waals surface area (Å²) in [6.07, 6.45) is 0. The van der Waals surface area contributed by atoms with Gasteiger partial charge in [0.25, 0.3) is 5.91 Å². The minimum Gasteiger partial charge on any atom is -0.298 e. The van der Waals surface area contributed by atoms with Gasteiger partial charge in [0, 0.05) is 23.7 Å². The summed E-state index contributed by atoms with van der Waals surface area (Å²) in [7, 11) is -3.54. The summed E-state index contributed by atoms with van der Waals surface area (Å²) in [6.45, 7) is 4.41. The highest BCUT2D eigenvalue weighted by Gasteiger charge is 2.22. The molecular formula is C18H18ClN3O3S2. The van der Waals surface area contributed by atoms with Crippen LogP contribution in [0.5, 0.6) is 0 Å². The molecule has 27 heavy (non-hydrogen) atoms. The van der Waals surface area contributed by atoms with Crippen LogP contribution >= 0.6 is 22.9 Å². The molecule has 0 saturated carbocycles. The Balaban J connectivity index is 1.88. The number of hydrogen-bond donors (Lipinski definition) is 1. The van der Waals surface area contributed by atoms with Gasteiger partial charge in [-0.3, -0.25) is 10.1 Å². The van der Waals surface area contributed by atoms with Gasteiger partial charge >= 0.3 is 0 Å². The number of rotatable bonds is 6. The summed E-state index contributed by atoms with van der Waals surface area (Å²) in [5.74, 6) is -0.304. The lowest BCUT2D eigenvalue weighted by molar-refractivity contribution is 0.102. The lowest BCUT2D eigenvalue weighted by Crippen LogP contribution is -2.30. The summed E-state index contributed by atoms with van der Waals surface area (Å²) in [6, 6.07) is 11.3. The standard InChI is InChI=1S/C18H18ClN3O3S2/c1-3-22(4-2)27(24,25)14-9-10-15-16(11-14)26-18(20-15)21-17(23)12-5-7-13(19)8-6-12/h5-11H,3-4H2,1-2H3,(H,20,21,23). The van der Waals surface area contributed by atoms with Gasteiger partial charge in [-0.05, 0) is 42.5 Å². The molecule has 0 bridgehead atoms. The molecule has 3 rings (SSSR count). The monoisotopic (exact) mass is 423 g/mol. The van der Waals surface area contributed by atoms with Crippen molar-refractivity contribution in [1.29, 1.82) is 0 Å². The van der Waals surface area contributed by atoms with Crippen LogP contribution < -0.4 is 5.32 Å². The van der Waals surface area contributed by atoms with Crippen molar-refractivity contribution in [2.75, 3.05) is 18.4 Å². The van der Waals surface area contributed by atoms with Crippen molar-refractivity contribution in [3.63, 3.8) is 0 Å². The van der Waals surface area contributed by atoms with E-state index >= 15 is 0 Å². The van der Waals surface area contributed by atoms with Gasteiger partial charge in [0.05, 0.1) is 15.1 Å². The van der Waals surface area contributed by atoms with Crippen molar-refractivity contribution in [1.82, 2.24) is 9.29 Å². The zero-order chi connectivity index (χ0) is 19.6. The molecule has 0 aliphatic heterocycles. The largest absolute Gasteiger partial charge is 0.298 e. The Labute approximate surface area is 166 Å². The van der Waals surface area contributed by atoms with Crippen LogP contribution in [0.3, 0.4) is 0 Å². The van der Waals surface area contributed by atoms with Crippen molar-refractivity contribution in [2.24, 2.45) is 0 Å². The molecule has 6 nitrogen and oxygen atoms in total. The topological polar surface area (TPSA) is 79.4 Å². The quantitative estimate of drug-likeness (QED) is 0.643. The van der Waals surface area contributed by atoms with Crippen LogP contribution in [-0.2, 0) is 10.0 Å². The molecule has 0 radical (unpaired) electrons. The Morgan fingerprint density at radius 2 is 1.81 bits per heavy atom. The van der Waals surface area contributed by atoms with Gasteiger partial charge in [0.2, 0.25) is 10.0 Å². The molecule has 2 aromatic carbocycles. The first-order valence-electron chi connectivity index (χ1n) is 8.32. The van der Waals surface area contributed by atoms with Crippen molar-refractivity contribution >= 4 is 54.2 Å². The van der Waals surface area contributed by atoms with E-state index in [4.69, 9.17) is 11.6 Å². The Morgan fingerprint density at radius 3 is 2.44 bits per heavy atom. The van der Waals surface area contributed by atoms with Gasteiger partial charge < -0.3 is 0 Å². The van der Waals surface area contributed by atoms with Crippen molar-refractivity contribution in [2.45, 2.75) is 18.7 Å². The van der Waals surface area contributed by atoms with E-state index in [2.05, 4.69) is 10.3 Å².